The lowest BCUT2D eigenvalue weighted by atomic mass is 10.1. The van der Waals surface area contributed by atoms with Crippen molar-refractivity contribution in [2.75, 3.05) is 5.32 Å². The Balaban J connectivity index is 2.19. The smallest absolute Gasteiger partial charge is 0.255 e. The predicted octanol–water partition coefficient (Wildman–Crippen LogP) is 3.81. The second-order valence-corrected chi connectivity index (χ2v) is 4.32. The topological polar surface area (TPSA) is 29.1 Å². The molecule has 0 radical (unpaired) electrons. The van der Waals surface area contributed by atoms with Gasteiger partial charge in [0.05, 0.1) is 0 Å². The van der Waals surface area contributed by atoms with Crippen LogP contribution in [0, 0.1) is 6.92 Å². The van der Waals surface area contributed by atoms with Gasteiger partial charge in [-0.25, -0.2) is 0 Å². The zero-order chi connectivity index (χ0) is 13.0. The van der Waals surface area contributed by atoms with Gasteiger partial charge in [-0.3, -0.25) is 4.79 Å². The lowest BCUT2D eigenvalue weighted by Gasteiger charge is -2.08. The number of aryl methyl sites for hydroxylation is 2. The average Bonchev–Trinajstić information content (AvgIpc) is 2.41. The fourth-order valence-corrected chi connectivity index (χ4v) is 1.84. The van der Waals surface area contributed by atoms with E-state index in [1.54, 1.807) is 0 Å². The Kier molecular flexibility index (Phi) is 3.78. The minimum absolute atomic E-state index is 0.0559. The Morgan fingerprint density at radius 2 is 1.89 bits per heavy atom. The van der Waals surface area contributed by atoms with Gasteiger partial charge >= 0.3 is 0 Å². The van der Waals surface area contributed by atoms with E-state index < -0.39 is 0 Å². The molecule has 2 aromatic carbocycles. The van der Waals surface area contributed by atoms with Crippen molar-refractivity contribution in [3.05, 3.63) is 65.2 Å². The summed E-state index contributed by atoms with van der Waals surface area (Å²) in [6, 6.07) is 15.5. The first kappa shape index (κ1) is 12.4. The van der Waals surface area contributed by atoms with Crippen molar-refractivity contribution in [2.45, 2.75) is 20.3 Å². The molecule has 0 bridgehead atoms. The molecule has 92 valence electrons. The van der Waals surface area contributed by atoms with E-state index in [1.807, 2.05) is 55.5 Å². The van der Waals surface area contributed by atoms with E-state index in [0.29, 0.717) is 5.56 Å². The maximum absolute atomic E-state index is 12.1. The van der Waals surface area contributed by atoms with Gasteiger partial charge in [0, 0.05) is 11.3 Å². The molecule has 0 aliphatic carbocycles. The summed E-state index contributed by atoms with van der Waals surface area (Å²) in [6.45, 7) is 4.07. The molecule has 0 atom stereocenters. The molecule has 0 aromatic heterocycles. The van der Waals surface area contributed by atoms with Gasteiger partial charge < -0.3 is 5.32 Å². The molecule has 1 amide bonds. The fraction of sp³-hybridized carbons (Fsp3) is 0.188. The molecule has 0 spiro atoms. The van der Waals surface area contributed by atoms with Crippen LogP contribution >= 0.6 is 0 Å². The van der Waals surface area contributed by atoms with E-state index >= 15 is 0 Å². The second-order valence-electron chi connectivity index (χ2n) is 4.32. The zero-order valence-corrected chi connectivity index (χ0v) is 10.7. The Hall–Kier alpha value is -2.09. The predicted molar refractivity (Wildman–Crippen MR) is 75.0 cm³/mol. The second kappa shape index (κ2) is 5.50. The highest BCUT2D eigenvalue weighted by molar-refractivity contribution is 6.04. The van der Waals surface area contributed by atoms with Crippen LogP contribution in [0.15, 0.2) is 48.5 Å². The molecule has 2 heteroatoms. The van der Waals surface area contributed by atoms with Crippen LogP contribution in [-0.4, -0.2) is 5.91 Å². The number of nitrogens with one attached hydrogen (secondary N) is 1. The van der Waals surface area contributed by atoms with Gasteiger partial charge in [0.2, 0.25) is 0 Å². The number of anilines is 1. The van der Waals surface area contributed by atoms with Crippen LogP contribution in [0.4, 0.5) is 5.69 Å². The zero-order valence-electron chi connectivity index (χ0n) is 10.7. The molecule has 0 aliphatic heterocycles. The quantitative estimate of drug-likeness (QED) is 0.867. The van der Waals surface area contributed by atoms with Crippen molar-refractivity contribution in [1.82, 2.24) is 0 Å². The third kappa shape index (κ3) is 2.77. The lowest BCUT2D eigenvalue weighted by molar-refractivity contribution is 0.102. The maximum Gasteiger partial charge on any atom is 0.255 e. The molecule has 2 nitrogen and oxygen atoms in total. The van der Waals surface area contributed by atoms with Crippen LogP contribution in [0.2, 0.25) is 0 Å². The number of carbonyl (C=O) groups is 1. The van der Waals surface area contributed by atoms with E-state index in [2.05, 4.69) is 12.2 Å². The highest BCUT2D eigenvalue weighted by Gasteiger charge is 2.07. The molecule has 18 heavy (non-hydrogen) atoms. The Bertz CT molecular complexity index is 561. The Labute approximate surface area is 108 Å². The van der Waals surface area contributed by atoms with Crippen LogP contribution in [0.5, 0.6) is 0 Å². The first-order valence-corrected chi connectivity index (χ1v) is 6.16. The number of hydrogen-bond donors (Lipinski definition) is 1. The molecule has 0 saturated heterocycles. The summed E-state index contributed by atoms with van der Waals surface area (Å²) in [7, 11) is 0. The largest absolute Gasteiger partial charge is 0.322 e. The monoisotopic (exact) mass is 239 g/mol. The summed E-state index contributed by atoms with van der Waals surface area (Å²) in [5.74, 6) is -0.0559. The van der Waals surface area contributed by atoms with E-state index in [9.17, 15) is 4.79 Å². The molecular formula is C16H17NO. The van der Waals surface area contributed by atoms with Gasteiger partial charge in [0.15, 0.2) is 0 Å². The van der Waals surface area contributed by atoms with E-state index in [4.69, 9.17) is 0 Å². The van der Waals surface area contributed by atoms with Crippen LogP contribution in [-0.2, 0) is 6.42 Å². The summed E-state index contributed by atoms with van der Waals surface area (Å²) in [5.41, 5.74) is 3.81. The number of para-hydroxylation sites is 1. The van der Waals surface area contributed by atoms with Gasteiger partial charge in [-0.15, -0.1) is 0 Å². The SMILES string of the molecule is CCc1cccc(C(=O)Nc2ccccc2C)c1. The van der Waals surface area contributed by atoms with Crippen molar-refractivity contribution in [3.63, 3.8) is 0 Å². The summed E-state index contributed by atoms with van der Waals surface area (Å²) < 4.78 is 0. The van der Waals surface area contributed by atoms with E-state index in [1.165, 1.54) is 5.56 Å². The Morgan fingerprint density at radius 1 is 1.11 bits per heavy atom. The average molecular weight is 239 g/mol. The first-order chi connectivity index (χ1) is 8.70. The van der Waals surface area contributed by atoms with Crippen molar-refractivity contribution < 1.29 is 4.79 Å². The van der Waals surface area contributed by atoms with Gasteiger partial charge in [-0.2, -0.15) is 0 Å². The highest BCUT2D eigenvalue weighted by atomic mass is 16.1. The highest BCUT2D eigenvalue weighted by Crippen LogP contribution is 2.15. The van der Waals surface area contributed by atoms with E-state index in [0.717, 1.165) is 17.7 Å². The van der Waals surface area contributed by atoms with Crippen molar-refractivity contribution in [2.24, 2.45) is 0 Å². The summed E-state index contributed by atoms with van der Waals surface area (Å²) >= 11 is 0. The van der Waals surface area contributed by atoms with Crippen molar-refractivity contribution in [1.29, 1.82) is 0 Å². The molecule has 0 heterocycles. The fourth-order valence-electron chi connectivity index (χ4n) is 1.84. The molecule has 1 N–H and O–H groups in total. The van der Waals surface area contributed by atoms with Gasteiger partial charge in [-0.05, 0) is 42.7 Å². The van der Waals surface area contributed by atoms with Crippen LogP contribution in [0.3, 0.4) is 0 Å². The van der Waals surface area contributed by atoms with Crippen LogP contribution < -0.4 is 5.32 Å². The molecule has 0 aliphatic rings. The number of carbonyl (C=O) groups excluding carboxylic acids is 1. The summed E-state index contributed by atoms with van der Waals surface area (Å²) in [5, 5.41) is 2.94. The molecule has 0 saturated carbocycles. The molecule has 2 rings (SSSR count). The van der Waals surface area contributed by atoms with Crippen LogP contribution in [0.1, 0.15) is 28.4 Å². The molecule has 2 aromatic rings. The first-order valence-electron chi connectivity index (χ1n) is 6.16. The normalized spacial score (nSPS) is 10.1. The summed E-state index contributed by atoms with van der Waals surface area (Å²) in [4.78, 5) is 12.1. The minimum Gasteiger partial charge on any atom is -0.322 e. The van der Waals surface area contributed by atoms with E-state index in [-0.39, 0.29) is 5.91 Å². The number of rotatable bonds is 3. The number of hydrogen-bond acceptors (Lipinski definition) is 1. The van der Waals surface area contributed by atoms with Crippen LogP contribution in [0.25, 0.3) is 0 Å². The number of benzene rings is 2. The minimum atomic E-state index is -0.0559. The van der Waals surface area contributed by atoms with Gasteiger partial charge in [-0.1, -0.05) is 37.3 Å². The van der Waals surface area contributed by atoms with Gasteiger partial charge in [0.1, 0.15) is 0 Å². The maximum atomic E-state index is 12.1. The van der Waals surface area contributed by atoms with Crippen molar-refractivity contribution in [3.8, 4) is 0 Å². The molecule has 0 fully saturated rings. The van der Waals surface area contributed by atoms with Gasteiger partial charge in [0.25, 0.3) is 5.91 Å². The molecular weight excluding hydrogens is 222 g/mol. The lowest BCUT2D eigenvalue weighted by Crippen LogP contribution is -2.12. The summed E-state index contributed by atoms with van der Waals surface area (Å²) in [6.07, 6.45) is 0.936. The third-order valence-corrected chi connectivity index (χ3v) is 2.99. The molecule has 0 unspecified atom stereocenters. The third-order valence-electron chi connectivity index (χ3n) is 2.99. The van der Waals surface area contributed by atoms with Crippen molar-refractivity contribution >= 4 is 11.6 Å². The Morgan fingerprint density at radius 3 is 2.61 bits per heavy atom. The standard InChI is InChI=1S/C16H17NO/c1-3-13-8-6-9-14(11-13)16(18)17-15-10-5-4-7-12(15)2/h4-11H,3H2,1-2H3,(H,17,18). The number of amides is 1.